The Morgan fingerprint density at radius 2 is 2.18 bits per heavy atom. The maximum Gasteiger partial charge on any atom is 0.280 e. The smallest absolute Gasteiger partial charge is 0.280 e. The lowest BCUT2D eigenvalue weighted by atomic mass is 10.3. The summed E-state index contributed by atoms with van der Waals surface area (Å²) in [5, 5.41) is -0.0497. The van der Waals surface area contributed by atoms with E-state index in [1.54, 1.807) is 10.5 Å². The molecule has 2 heterocycles. The van der Waals surface area contributed by atoms with Gasteiger partial charge < -0.3 is 4.40 Å². The third kappa shape index (κ3) is 2.30. The molecule has 2 aromatic rings. The minimum atomic E-state index is -3.80. The van der Waals surface area contributed by atoms with Crippen LogP contribution in [0.3, 0.4) is 0 Å². The molecule has 0 amide bonds. The fourth-order valence-corrected chi connectivity index (χ4v) is 2.77. The molecule has 0 spiro atoms. The number of hydrogen-bond donors (Lipinski definition) is 0. The van der Waals surface area contributed by atoms with Crippen LogP contribution >= 0.6 is 10.7 Å². The van der Waals surface area contributed by atoms with Gasteiger partial charge in [0.2, 0.25) is 0 Å². The molecule has 0 fully saturated rings. The lowest BCUT2D eigenvalue weighted by molar-refractivity contribution is 0.607. The van der Waals surface area contributed by atoms with Gasteiger partial charge in [-0.05, 0) is 31.0 Å². The first-order chi connectivity index (χ1) is 7.93. The third-order valence-corrected chi connectivity index (χ3v) is 3.74. The molecule has 0 unspecified atom stereocenters. The van der Waals surface area contributed by atoms with E-state index in [-0.39, 0.29) is 5.03 Å². The highest BCUT2D eigenvalue weighted by atomic mass is 35.7. The monoisotopic (exact) mass is 272 g/mol. The van der Waals surface area contributed by atoms with Crippen LogP contribution in [0.4, 0.5) is 0 Å². The molecule has 92 valence electrons. The molecule has 2 rings (SSSR count). The van der Waals surface area contributed by atoms with Gasteiger partial charge in [-0.15, -0.1) is 0 Å². The Labute approximate surface area is 105 Å². The highest BCUT2D eigenvalue weighted by Gasteiger charge is 2.20. The Balaban J connectivity index is 2.80. The standard InChI is InChI=1S/C11H13ClN2O2S/c1-3-4-10-13-11(17(12,15)16)9-7-8(2)5-6-14(9)10/h5-7H,3-4H2,1-2H3. The predicted molar refractivity (Wildman–Crippen MR) is 67.0 cm³/mol. The molecular formula is C11H13ClN2O2S. The van der Waals surface area contributed by atoms with Crippen molar-refractivity contribution in [3.8, 4) is 0 Å². The molecule has 0 saturated heterocycles. The van der Waals surface area contributed by atoms with Gasteiger partial charge >= 0.3 is 0 Å². The van der Waals surface area contributed by atoms with Crippen molar-refractivity contribution in [2.75, 3.05) is 0 Å². The minimum Gasteiger partial charge on any atom is -0.302 e. The van der Waals surface area contributed by atoms with Gasteiger partial charge in [0.05, 0.1) is 5.52 Å². The number of aryl methyl sites for hydroxylation is 2. The number of rotatable bonds is 3. The Morgan fingerprint density at radius 1 is 1.47 bits per heavy atom. The number of aromatic nitrogens is 2. The van der Waals surface area contributed by atoms with Crippen LogP contribution in [-0.4, -0.2) is 17.8 Å². The number of imidazole rings is 1. The SMILES string of the molecule is CCCc1nc(S(=O)(=O)Cl)c2cc(C)ccn12. The van der Waals surface area contributed by atoms with Gasteiger partial charge in [0, 0.05) is 23.3 Å². The third-order valence-electron chi connectivity index (χ3n) is 2.54. The van der Waals surface area contributed by atoms with Gasteiger partial charge in [0.25, 0.3) is 9.05 Å². The van der Waals surface area contributed by atoms with Crippen LogP contribution < -0.4 is 0 Å². The van der Waals surface area contributed by atoms with Crippen molar-refractivity contribution in [2.24, 2.45) is 0 Å². The summed E-state index contributed by atoms with van der Waals surface area (Å²) >= 11 is 0. The molecule has 0 saturated carbocycles. The maximum atomic E-state index is 11.5. The van der Waals surface area contributed by atoms with Crippen molar-refractivity contribution in [3.63, 3.8) is 0 Å². The Hall–Kier alpha value is -1.07. The first-order valence-electron chi connectivity index (χ1n) is 5.35. The zero-order chi connectivity index (χ0) is 12.6. The molecule has 0 aromatic carbocycles. The lowest BCUT2D eigenvalue weighted by Crippen LogP contribution is -1.93. The van der Waals surface area contributed by atoms with Gasteiger partial charge in [0.15, 0.2) is 5.03 Å². The van der Waals surface area contributed by atoms with Crippen LogP contribution in [0.25, 0.3) is 5.52 Å². The largest absolute Gasteiger partial charge is 0.302 e. The Morgan fingerprint density at radius 3 is 2.76 bits per heavy atom. The highest BCUT2D eigenvalue weighted by Crippen LogP contribution is 2.23. The summed E-state index contributed by atoms with van der Waals surface area (Å²) < 4.78 is 24.7. The van der Waals surface area contributed by atoms with Crippen molar-refractivity contribution >= 4 is 25.2 Å². The minimum absolute atomic E-state index is 0.0497. The average molecular weight is 273 g/mol. The first kappa shape index (κ1) is 12.4. The quantitative estimate of drug-likeness (QED) is 0.807. The summed E-state index contributed by atoms with van der Waals surface area (Å²) in [6.07, 6.45) is 3.44. The molecular weight excluding hydrogens is 260 g/mol. The predicted octanol–water partition coefficient (Wildman–Crippen LogP) is 2.52. The van der Waals surface area contributed by atoms with Gasteiger partial charge in [0.1, 0.15) is 5.82 Å². The number of halogens is 1. The molecule has 0 N–H and O–H groups in total. The number of fused-ring (bicyclic) bond motifs is 1. The maximum absolute atomic E-state index is 11.5. The van der Waals surface area contributed by atoms with E-state index in [2.05, 4.69) is 4.98 Å². The molecule has 0 aliphatic carbocycles. The normalized spacial score (nSPS) is 12.2. The van der Waals surface area contributed by atoms with Gasteiger partial charge in [-0.1, -0.05) is 6.92 Å². The second kappa shape index (κ2) is 4.31. The molecule has 0 aliphatic heterocycles. The topological polar surface area (TPSA) is 51.4 Å². The van der Waals surface area contributed by atoms with Gasteiger partial charge in [-0.25, -0.2) is 13.4 Å². The van der Waals surface area contributed by atoms with Crippen molar-refractivity contribution in [2.45, 2.75) is 31.7 Å². The summed E-state index contributed by atoms with van der Waals surface area (Å²) in [5.74, 6) is 0.724. The first-order valence-corrected chi connectivity index (χ1v) is 7.66. The van der Waals surface area contributed by atoms with Crippen LogP contribution in [0.5, 0.6) is 0 Å². The fraction of sp³-hybridized carbons (Fsp3) is 0.364. The molecule has 0 radical (unpaired) electrons. The summed E-state index contributed by atoms with van der Waals surface area (Å²) in [6.45, 7) is 3.92. The van der Waals surface area contributed by atoms with E-state index in [1.807, 2.05) is 26.1 Å². The molecule has 0 bridgehead atoms. The second-order valence-corrected chi connectivity index (χ2v) is 6.46. The molecule has 2 aromatic heterocycles. The van der Waals surface area contributed by atoms with E-state index < -0.39 is 9.05 Å². The van der Waals surface area contributed by atoms with Gasteiger partial charge in [-0.3, -0.25) is 0 Å². The van der Waals surface area contributed by atoms with Gasteiger partial charge in [-0.2, -0.15) is 0 Å². The van der Waals surface area contributed by atoms with E-state index in [1.165, 1.54) is 0 Å². The molecule has 6 heteroatoms. The van der Waals surface area contributed by atoms with E-state index in [0.29, 0.717) is 5.52 Å². The summed E-state index contributed by atoms with van der Waals surface area (Å²) in [6, 6.07) is 3.69. The van der Waals surface area contributed by atoms with Crippen LogP contribution in [0.15, 0.2) is 23.4 Å². The summed E-state index contributed by atoms with van der Waals surface area (Å²) in [7, 11) is 1.60. The summed E-state index contributed by atoms with van der Waals surface area (Å²) in [5.41, 5.74) is 1.52. The molecule has 0 aliphatic rings. The fourth-order valence-electron chi connectivity index (χ4n) is 1.80. The van der Waals surface area contributed by atoms with Crippen LogP contribution in [-0.2, 0) is 15.5 Å². The van der Waals surface area contributed by atoms with E-state index in [4.69, 9.17) is 10.7 Å². The Kier molecular flexibility index (Phi) is 3.14. The van der Waals surface area contributed by atoms with Crippen molar-refractivity contribution in [1.82, 2.24) is 9.38 Å². The van der Waals surface area contributed by atoms with Crippen LogP contribution in [0, 0.1) is 6.92 Å². The van der Waals surface area contributed by atoms with Crippen LogP contribution in [0.1, 0.15) is 24.7 Å². The molecule has 0 atom stereocenters. The molecule has 4 nitrogen and oxygen atoms in total. The Bertz CT molecular complexity index is 661. The van der Waals surface area contributed by atoms with Crippen molar-refractivity contribution in [3.05, 3.63) is 29.7 Å². The average Bonchev–Trinajstić information content (AvgIpc) is 2.56. The number of nitrogens with zero attached hydrogens (tertiary/aromatic N) is 2. The second-order valence-electron chi connectivity index (χ2n) is 3.98. The van der Waals surface area contributed by atoms with E-state index in [0.717, 1.165) is 24.2 Å². The molecule has 17 heavy (non-hydrogen) atoms. The number of hydrogen-bond acceptors (Lipinski definition) is 3. The lowest BCUT2D eigenvalue weighted by Gasteiger charge is -2.00. The summed E-state index contributed by atoms with van der Waals surface area (Å²) in [4.78, 5) is 4.13. The van der Waals surface area contributed by atoms with Crippen LogP contribution in [0.2, 0.25) is 0 Å². The zero-order valence-corrected chi connectivity index (χ0v) is 11.2. The van der Waals surface area contributed by atoms with E-state index >= 15 is 0 Å². The highest BCUT2D eigenvalue weighted by molar-refractivity contribution is 8.13. The van der Waals surface area contributed by atoms with Crippen molar-refractivity contribution < 1.29 is 8.42 Å². The zero-order valence-electron chi connectivity index (χ0n) is 9.64. The van der Waals surface area contributed by atoms with E-state index in [9.17, 15) is 8.42 Å². The van der Waals surface area contributed by atoms with Crippen molar-refractivity contribution in [1.29, 1.82) is 0 Å². The number of pyridine rings is 1.